The van der Waals surface area contributed by atoms with Gasteiger partial charge in [0.05, 0.1) is 12.1 Å². The number of fused-ring (bicyclic) bond motifs is 4. The molecule has 0 saturated carbocycles. The lowest BCUT2D eigenvalue weighted by Gasteiger charge is -2.40. The van der Waals surface area contributed by atoms with Gasteiger partial charge in [0.1, 0.15) is 0 Å². The number of carbonyl (C=O) groups excluding carboxylic acids is 1. The molecule has 1 fully saturated rings. The predicted molar refractivity (Wildman–Crippen MR) is 123 cm³/mol. The third kappa shape index (κ3) is 3.82. The van der Waals surface area contributed by atoms with Gasteiger partial charge < -0.3 is 9.64 Å². The third-order valence-electron chi connectivity index (χ3n) is 6.36. The number of ether oxygens (including phenoxy) is 1. The van der Waals surface area contributed by atoms with Gasteiger partial charge in [-0.25, -0.2) is 0 Å². The second-order valence-corrected chi connectivity index (χ2v) is 9.28. The van der Waals surface area contributed by atoms with Crippen LogP contribution in [0.3, 0.4) is 0 Å². The van der Waals surface area contributed by atoms with E-state index in [2.05, 4.69) is 57.8 Å². The van der Waals surface area contributed by atoms with Crippen molar-refractivity contribution in [3.8, 4) is 0 Å². The number of alkyl halides is 1. The molecule has 4 rings (SSSR count). The molecule has 28 heavy (non-hydrogen) atoms. The van der Waals surface area contributed by atoms with E-state index in [1.165, 1.54) is 36.6 Å². The monoisotopic (exact) mass is 491 g/mol. The first-order valence-corrected chi connectivity index (χ1v) is 12.3. The zero-order valence-electron chi connectivity index (χ0n) is 16.6. The minimum Gasteiger partial charge on any atom is -0.379 e. The standard InChI is InChI=1S/C24H30INO2/c25-13-9-12-24-18-28-15-8-4-2-1-3-7-14-26(24)23(27)21-16-19-10-5-6-11-20(19)17-22(21)24/h5-6,10-11,16-17H,1-4,7-9,12-15,18H2. The summed E-state index contributed by atoms with van der Waals surface area (Å²) in [6.07, 6.45) is 9.30. The molecular weight excluding hydrogens is 461 g/mol. The molecule has 0 N–H and O–H groups in total. The van der Waals surface area contributed by atoms with E-state index in [1.54, 1.807) is 0 Å². The second-order valence-electron chi connectivity index (χ2n) is 8.20. The molecule has 2 aromatic rings. The van der Waals surface area contributed by atoms with E-state index in [9.17, 15) is 4.79 Å². The number of hydrogen-bond donors (Lipinski definition) is 0. The molecule has 2 aliphatic rings. The van der Waals surface area contributed by atoms with E-state index in [4.69, 9.17) is 4.74 Å². The molecule has 0 bridgehead atoms. The molecule has 0 radical (unpaired) electrons. The van der Waals surface area contributed by atoms with Crippen LogP contribution in [0.1, 0.15) is 67.3 Å². The van der Waals surface area contributed by atoms with Crippen molar-refractivity contribution >= 4 is 39.3 Å². The Morgan fingerprint density at radius 1 is 1.00 bits per heavy atom. The normalized spacial score (nSPS) is 23.8. The molecule has 1 saturated heterocycles. The van der Waals surface area contributed by atoms with Crippen molar-refractivity contribution in [3.63, 3.8) is 0 Å². The van der Waals surface area contributed by atoms with Crippen LogP contribution in [0.5, 0.6) is 0 Å². The van der Waals surface area contributed by atoms with Gasteiger partial charge >= 0.3 is 0 Å². The molecule has 1 unspecified atom stereocenters. The van der Waals surface area contributed by atoms with Gasteiger partial charge in [-0.1, -0.05) is 72.5 Å². The first-order chi connectivity index (χ1) is 13.8. The Balaban J connectivity index is 1.79. The molecule has 1 amide bonds. The summed E-state index contributed by atoms with van der Waals surface area (Å²) in [4.78, 5) is 15.7. The average Bonchev–Trinajstić information content (AvgIpc) is 2.93. The van der Waals surface area contributed by atoms with Crippen molar-refractivity contribution < 1.29 is 9.53 Å². The van der Waals surface area contributed by atoms with E-state index < -0.39 is 0 Å². The van der Waals surface area contributed by atoms with Crippen LogP contribution in [-0.2, 0) is 10.3 Å². The van der Waals surface area contributed by atoms with Crippen LogP contribution in [0.2, 0.25) is 0 Å². The topological polar surface area (TPSA) is 29.5 Å². The van der Waals surface area contributed by atoms with Crippen LogP contribution in [0.15, 0.2) is 36.4 Å². The highest BCUT2D eigenvalue weighted by molar-refractivity contribution is 14.1. The molecule has 2 aromatic carbocycles. The largest absolute Gasteiger partial charge is 0.379 e. The maximum absolute atomic E-state index is 13.5. The molecule has 4 heteroatoms. The summed E-state index contributed by atoms with van der Waals surface area (Å²) in [7, 11) is 0. The minimum absolute atomic E-state index is 0.204. The summed E-state index contributed by atoms with van der Waals surface area (Å²) in [5.74, 6) is 0.204. The Labute approximate surface area is 182 Å². The number of hydrogen-bond acceptors (Lipinski definition) is 2. The van der Waals surface area contributed by atoms with Crippen LogP contribution in [-0.4, -0.2) is 35.0 Å². The average molecular weight is 491 g/mol. The zero-order chi connectivity index (χ0) is 19.4. The number of amides is 1. The predicted octanol–water partition coefficient (Wildman–Crippen LogP) is 6.08. The van der Waals surface area contributed by atoms with Crippen LogP contribution in [0.4, 0.5) is 0 Å². The van der Waals surface area contributed by atoms with Crippen LogP contribution in [0.25, 0.3) is 10.8 Å². The first-order valence-electron chi connectivity index (χ1n) is 10.8. The number of nitrogens with zero attached hydrogens (tertiary/aromatic N) is 1. The van der Waals surface area contributed by atoms with Gasteiger partial charge in [-0.2, -0.15) is 0 Å². The zero-order valence-corrected chi connectivity index (χ0v) is 18.7. The van der Waals surface area contributed by atoms with Crippen molar-refractivity contribution in [2.45, 2.75) is 56.9 Å². The summed E-state index contributed by atoms with van der Waals surface area (Å²) < 4.78 is 7.34. The van der Waals surface area contributed by atoms with E-state index in [-0.39, 0.29) is 11.4 Å². The molecule has 1 atom stereocenters. The molecule has 2 heterocycles. The van der Waals surface area contributed by atoms with Crippen molar-refractivity contribution in [1.29, 1.82) is 0 Å². The maximum Gasteiger partial charge on any atom is 0.255 e. The molecule has 150 valence electrons. The van der Waals surface area contributed by atoms with E-state index in [0.717, 1.165) is 54.2 Å². The summed E-state index contributed by atoms with van der Waals surface area (Å²) >= 11 is 2.45. The van der Waals surface area contributed by atoms with Crippen molar-refractivity contribution in [1.82, 2.24) is 4.90 Å². The van der Waals surface area contributed by atoms with E-state index >= 15 is 0 Å². The summed E-state index contributed by atoms with van der Waals surface area (Å²) in [6.45, 7) is 2.27. The molecule has 0 aliphatic carbocycles. The Morgan fingerprint density at radius 3 is 2.50 bits per heavy atom. The Kier molecular flexibility index (Phi) is 6.56. The Hall–Kier alpha value is -1.14. The highest BCUT2D eigenvalue weighted by atomic mass is 127. The van der Waals surface area contributed by atoms with E-state index in [1.807, 2.05) is 6.07 Å². The lowest BCUT2D eigenvalue weighted by atomic mass is 9.84. The highest BCUT2D eigenvalue weighted by Crippen LogP contribution is 2.45. The van der Waals surface area contributed by atoms with Gasteiger partial charge in [0, 0.05) is 18.7 Å². The molecule has 2 aliphatic heterocycles. The molecule has 3 nitrogen and oxygen atoms in total. The second kappa shape index (κ2) is 9.12. The van der Waals surface area contributed by atoms with Crippen LogP contribution in [0, 0.1) is 0 Å². The smallest absolute Gasteiger partial charge is 0.255 e. The van der Waals surface area contributed by atoms with Gasteiger partial charge in [0.25, 0.3) is 5.91 Å². The Bertz CT molecular complexity index is 836. The maximum atomic E-state index is 13.5. The lowest BCUT2D eigenvalue weighted by molar-refractivity contribution is -0.00426. The number of halogens is 1. The number of benzene rings is 2. The fourth-order valence-corrected chi connectivity index (χ4v) is 5.26. The molecule has 0 aromatic heterocycles. The van der Waals surface area contributed by atoms with E-state index in [0.29, 0.717) is 6.61 Å². The van der Waals surface area contributed by atoms with Crippen molar-refractivity contribution in [2.24, 2.45) is 0 Å². The first kappa shape index (κ1) is 20.1. The summed E-state index contributed by atoms with van der Waals surface area (Å²) in [5, 5.41) is 2.37. The van der Waals surface area contributed by atoms with Gasteiger partial charge in [-0.3, -0.25) is 4.79 Å². The minimum atomic E-state index is -0.305. The highest BCUT2D eigenvalue weighted by Gasteiger charge is 2.49. The van der Waals surface area contributed by atoms with Crippen LogP contribution < -0.4 is 0 Å². The van der Waals surface area contributed by atoms with Crippen molar-refractivity contribution in [2.75, 3.05) is 24.2 Å². The van der Waals surface area contributed by atoms with Gasteiger partial charge in [0.15, 0.2) is 0 Å². The third-order valence-corrected chi connectivity index (χ3v) is 7.13. The molecular formula is C24H30INO2. The van der Waals surface area contributed by atoms with Gasteiger partial charge in [-0.05, 0) is 58.6 Å². The molecule has 0 spiro atoms. The van der Waals surface area contributed by atoms with Crippen molar-refractivity contribution in [3.05, 3.63) is 47.5 Å². The summed E-state index contributed by atoms with van der Waals surface area (Å²) in [6, 6.07) is 12.8. The van der Waals surface area contributed by atoms with Crippen LogP contribution >= 0.6 is 22.6 Å². The SMILES string of the molecule is O=C1c2cc3ccccc3cc2C2(CCCI)COCCCCCCCCN12. The summed E-state index contributed by atoms with van der Waals surface area (Å²) in [5.41, 5.74) is 1.78. The number of carbonyl (C=O) groups is 1. The fourth-order valence-electron chi connectivity index (χ4n) is 4.88. The Morgan fingerprint density at radius 2 is 1.71 bits per heavy atom. The number of rotatable bonds is 3. The lowest BCUT2D eigenvalue weighted by Crippen LogP contribution is -2.48. The fraction of sp³-hybridized carbons (Fsp3) is 0.542. The van der Waals surface area contributed by atoms with Gasteiger partial charge in [-0.15, -0.1) is 0 Å². The quantitative estimate of drug-likeness (QED) is 0.385. The van der Waals surface area contributed by atoms with Gasteiger partial charge in [0.2, 0.25) is 0 Å².